The maximum atomic E-state index is 12.6. The van der Waals surface area contributed by atoms with E-state index in [0.717, 1.165) is 29.9 Å². The predicted molar refractivity (Wildman–Crippen MR) is 126 cm³/mol. The Morgan fingerprint density at radius 1 is 1.06 bits per heavy atom. The lowest BCUT2D eigenvalue weighted by Gasteiger charge is -2.09. The van der Waals surface area contributed by atoms with Crippen molar-refractivity contribution in [2.45, 2.75) is 38.4 Å². The first-order valence-corrected chi connectivity index (χ1v) is 11.6. The highest BCUT2D eigenvalue weighted by Gasteiger charge is 2.09. The molecule has 166 valence electrons. The molecule has 0 fully saturated rings. The molecule has 0 bridgehead atoms. The fourth-order valence-electron chi connectivity index (χ4n) is 2.96. The summed E-state index contributed by atoms with van der Waals surface area (Å²) in [6.45, 7) is 2.91. The number of benzene rings is 2. The van der Waals surface area contributed by atoms with Gasteiger partial charge >= 0.3 is 5.97 Å². The number of aliphatic carboxylic acids is 1. The summed E-state index contributed by atoms with van der Waals surface area (Å²) >= 11 is 1.26. The zero-order chi connectivity index (χ0) is 22.5. The Balaban J connectivity index is 1.95. The molecule has 0 spiro atoms. The van der Waals surface area contributed by atoms with Crippen molar-refractivity contribution < 1.29 is 24.2 Å². The van der Waals surface area contributed by atoms with Crippen LogP contribution in [0.2, 0.25) is 0 Å². The van der Waals surface area contributed by atoms with Crippen LogP contribution in [-0.2, 0) is 10.5 Å². The minimum Gasteiger partial charge on any atom is -0.496 e. The van der Waals surface area contributed by atoms with Gasteiger partial charge in [0.15, 0.2) is 5.78 Å². The SMILES string of the molecule is CCCCCCOc1ccc(/C=C/C(=O)c2ccc(OC)c(CSCC(=O)O)c2)cc1. The van der Waals surface area contributed by atoms with Gasteiger partial charge in [-0.3, -0.25) is 9.59 Å². The first-order valence-electron chi connectivity index (χ1n) is 10.4. The summed E-state index contributed by atoms with van der Waals surface area (Å²) in [5.74, 6) is 0.942. The minimum absolute atomic E-state index is 0.000317. The van der Waals surface area contributed by atoms with E-state index in [4.69, 9.17) is 14.6 Å². The number of hydrogen-bond acceptors (Lipinski definition) is 5. The molecular formula is C25H30O5S. The van der Waals surface area contributed by atoms with Crippen molar-refractivity contribution in [1.29, 1.82) is 0 Å². The van der Waals surface area contributed by atoms with Crippen LogP contribution in [0.4, 0.5) is 0 Å². The molecule has 2 aromatic rings. The molecule has 2 aromatic carbocycles. The fraction of sp³-hybridized carbons (Fsp3) is 0.360. The van der Waals surface area contributed by atoms with E-state index in [0.29, 0.717) is 17.1 Å². The molecule has 5 nitrogen and oxygen atoms in total. The standard InChI is InChI=1S/C25H30O5S/c1-3-4-5-6-15-30-22-11-7-19(8-12-22)9-13-23(26)20-10-14-24(29-2)21(16-20)17-31-18-25(27)28/h7-14,16H,3-6,15,17-18H2,1-2H3,(H,27,28)/b13-9+. The molecule has 2 rings (SSSR count). The van der Waals surface area contributed by atoms with E-state index in [-0.39, 0.29) is 11.5 Å². The largest absolute Gasteiger partial charge is 0.496 e. The average molecular weight is 443 g/mol. The van der Waals surface area contributed by atoms with E-state index < -0.39 is 5.97 Å². The van der Waals surface area contributed by atoms with Gasteiger partial charge in [0, 0.05) is 16.9 Å². The monoisotopic (exact) mass is 442 g/mol. The van der Waals surface area contributed by atoms with Crippen LogP contribution in [-0.4, -0.2) is 36.3 Å². The average Bonchev–Trinajstić information content (AvgIpc) is 2.77. The van der Waals surface area contributed by atoms with E-state index in [1.807, 2.05) is 24.3 Å². The normalized spacial score (nSPS) is 10.9. The summed E-state index contributed by atoms with van der Waals surface area (Å²) < 4.78 is 11.1. The van der Waals surface area contributed by atoms with Crippen molar-refractivity contribution in [2.24, 2.45) is 0 Å². The van der Waals surface area contributed by atoms with Crippen LogP contribution >= 0.6 is 11.8 Å². The molecule has 0 radical (unpaired) electrons. The van der Waals surface area contributed by atoms with Gasteiger partial charge in [-0.2, -0.15) is 0 Å². The van der Waals surface area contributed by atoms with Crippen molar-refractivity contribution in [3.05, 3.63) is 65.2 Å². The second-order valence-electron chi connectivity index (χ2n) is 7.09. The summed E-state index contributed by atoms with van der Waals surface area (Å²) in [5.41, 5.74) is 2.25. The fourth-order valence-corrected chi connectivity index (χ4v) is 3.68. The van der Waals surface area contributed by atoms with Gasteiger partial charge in [-0.15, -0.1) is 11.8 Å². The number of carbonyl (C=O) groups is 2. The molecular weight excluding hydrogens is 412 g/mol. The lowest BCUT2D eigenvalue weighted by atomic mass is 10.1. The van der Waals surface area contributed by atoms with Gasteiger partial charge < -0.3 is 14.6 Å². The quantitative estimate of drug-likeness (QED) is 0.224. The van der Waals surface area contributed by atoms with Crippen LogP contribution in [0.5, 0.6) is 11.5 Å². The number of carboxylic acids is 1. The van der Waals surface area contributed by atoms with Crippen molar-refractivity contribution in [3.8, 4) is 11.5 Å². The molecule has 0 saturated heterocycles. The van der Waals surface area contributed by atoms with Crippen LogP contribution in [0, 0.1) is 0 Å². The molecule has 0 amide bonds. The molecule has 0 aliphatic carbocycles. The highest BCUT2D eigenvalue weighted by atomic mass is 32.2. The van der Waals surface area contributed by atoms with Gasteiger partial charge in [0.25, 0.3) is 0 Å². The Morgan fingerprint density at radius 3 is 2.52 bits per heavy atom. The molecule has 6 heteroatoms. The zero-order valence-electron chi connectivity index (χ0n) is 18.1. The number of ether oxygens (including phenoxy) is 2. The minimum atomic E-state index is -0.868. The Bertz CT molecular complexity index is 874. The van der Waals surface area contributed by atoms with E-state index in [1.165, 1.54) is 37.1 Å². The zero-order valence-corrected chi connectivity index (χ0v) is 19.0. The maximum Gasteiger partial charge on any atom is 0.313 e. The third kappa shape index (κ3) is 8.89. The van der Waals surface area contributed by atoms with E-state index in [1.54, 1.807) is 31.4 Å². The number of methoxy groups -OCH3 is 1. The predicted octanol–water partition coefficient (Wildman–Crippen LogP) is 5.87. The third-order valence-corrected chi connectivity index (χ3v) is 5.59. The third-order valence-electron chi connectivity index (χ3n) is 4.62. The van der Waals surface area contributed by atoms with Crippen LogP contribution in [0.25, 0.3) is 6.08 Å². The summed E-state index contributed by atoms with van der Waals surface area (Å²) in [4.78, 5) is 23.3. The number of rotatable bonds is 14. The molecule has 0 aliphatic rings. The Labute approximate surface area is 188 Å². The molecule has 0 aromatic heterocycles. The van der Waals surface area contributed by atoms with Gasteiger partial charge in [0.1, 0.15) is 11.5 Å². The van der Waals surface area contributed by atoms with E-state index in [2.05, 4.69) is 6.92 Å². The lowest BCUT2D eigenvalue weighted by Crippen LogP contribution is -2.01. The van der Waals surface area contributed by atoms with Gasteiger partial charge in [-0.1, -0.05) is 44.4 Å². The van der Waals surface area contributed by atoms with Gasteiger partial charge in [-0.25, -0.2) is 0 Å². The number of unbranched alkanes of at least 4 members (excludes halogenated alkanes) is 3. The van der Waals surface area contributed by atoms with Gasteiger partial charge in [-0.05, 0) is 48.4 Å². The van der Waals surface area contributed by atoms with Crippen LogP contribution in [0.15, 0.2) is 48.5 Å². The highest BCUT2D eigenvalue weighted by molar-refractivity contribution is 7.99. The number of hydrogen-bond donors (Lipinski definition) is 1. The first kappa shape index (κ1) is 24.5. The first-order chi connectivity index (χ1) is 15.0. The number of ketones is 1. The topological polar surface area (TPSA) is 72.8 Å². The van der Waals surface area contributed by atoms with Gasteiger partial charge in [0.2, 0.25) is 0 Å². The second kappa shape index (κ2) is 13.5. The number of thioether (sulfide) groups is 1. The van der Waals surface area contributed by atoms with Crippen LogP contribution in [0.1, 0.15) is 54.1 Å². The van der Waals surface area contributed by atoms with Crippen molar-refractivity contribution >= 4 is 29.6 Å². The summed E-state index contributed by atoms with van der Waals surface area (Å²) in [6, 6.07) is 12.9. The molecule has 1 N–H and O–H groups in total. The Hall–Kier alpha value is -2.73. The highest BCUT2D eigenvalue weighted by Crippen LogP contribution is 2.25. The van der Waals surface area contributed by atoms with Gasteiger partial charge in [0.05, 0.1) is 19.5 Å². The molecule has 0 saturated carbocycles. The number of carboxylic acid groups (broad SMARTS) is 1. The van der Waals surface area contributed by atoms with E-state index in [9.17, 15) is 9.59 Å². The van der Waals surface area contributed by atoms with Crippen molar-refractivity contribution in [3.63, 3.8) is 0 Å². The van der Waals surface area contributed by atoms with Crippen molar-refractivity contribution in [1.82, 2.24) is 0 Å². The van der Waals surface area contributed by atoms with E-state index >= 15 is 0 Å². The summed E-state index contributed by atoms with van der Waals surface area (Å²) in [7, 11) is 1.56. The van der Waals surface area contributed by atoms with Crippen molar-refractivity contribution in [2.75, 3.05) is 19.5 Å². The number of carbonyl (C=O) groups excluding carboxylic acids is 1. The second-order valence-corrected chi connectivity index (χ2v) is 8.07. The molecule has 0 atom stereocenters. The van der Waals surface area contributed by atoms with Crippen LogP contribution < -0.4 is 9.47 Å². The maximum absolute atomic E-state index is 12.6. The molecule has 0 aliphatic heterocycles. The summed E-state index contributed by atoms with van der Waals surface area (Å²) in [5, 5.41) is 8.81. The number of allylic oxidation sites excluding steroid dienone is 1. The molecule has 0 heterocycles. The van der Waals surface area contributed by atoms with Crippen LogP contribution in [0.3, 0.4) is 0 Å². The summed E-state index contributed by atoms with van der Waals surface area (Å²) in [6.07, 6.45) is 8.00. The lowest BCUT2D eigenvalue weighted by molar-refractivity contribution is -0.133. The Kier molecular flexibility index (Phi) is 10.7. The molecule has 0 unspecified atom stereocenters. The smallest absolute Gasteiger partial charge is 0.313 e. The molecule has 31 heavy (non-hydrogen) atoms. The Morgan fingerprint density at radius 2 is 1.84 bits per heavy atom.